The van der Waals surface area contributed by atoms with E-state index in [4.69, 9.17) is 38.0 Å². The van der Waals surface area contributed by atoms with E-state index in [1.54, 1.807) is 7.11 Å². The molecule has 2 aromatic heterocycles. The Labute approximate surface area is 445 Å². The first kappa shape index (κ1) is 51.9. The van der Waals surface area contributed by atoms with Crippen molar-refractivity contribution in [3.8, 4) is 22.8 Å². The number of imidazole rings is 1. The molecule has 8 aromatic rings. The standard InChI is InChI=1S/C62H72N6O5Si2/c1-60(2,3)74(8,9)71-41-53-52(73-75(10,11)61(4,5)6)39-54(72-53)68-56-55(64-59(68)63-48-33-36-51-44(38-48)37-43-25-21-22-30-50(43)51)57(70-40-42-23-15-12-16-24-42)66-58(65-56)67-62(45-26-17-13-18-27-45,46-28-19-14-20-29-46)47-31-34-49(69-7)35-32-47/h12-36,38,52-54H,37,39-41H2,1-11H3,(H,63,64)(H,65,66,67)/t52-,53+,54+/m0/s1. The van der Waals surface area contributed by atoms with Gasteiger partial charge in [0.1, 0.15) is 30.2 Å². The van der Waals surface area contributed by atoms with Gasteiger partial charge in [0.2, 0.25) is 17.8 Å². The smallest absolute Gasteiger partial charge is 0.247 e. The van der Waals surface area contributed by atoms with Crippen molar-refractivity contribution < 1.29 is 23.1 Å². The van der Waals surface area contributed by atoms with Gasteiger partial charge in [-0.1, -0.05) is 175 Å². The number of anilines is 3. The van der Waals surface area contributed by atoms with E-state index in [0.717, 1.165) is 40.1 Å². The predicted molar refractivity (Wildman–Crippen MR) is 307 cm³/mol. The molecule has 1 fully saturated rings. The first-order valence-electron chi connectivity index (χ1n) is 26.3. The molecule has 1 saturated heterocycles. The van der Waals surface area contributed by atoms with E-state index in [0.29, 0.717) is 42.0 Å². The van der Waals surface area contributed by atoms with Gasteiger partial charge in [-0.05, 0) is 111 Å². The van der Waals surface area contributed by atoms with Gasteiger partial charge in [-0.15, -0.1) is 0 Å². The molecule has 1 aliphatic carbocycles. The van der Waals surface area contributed by atoms with Crippen LogP contribution in [0.3, 0.4) is 0 Å². The molecular formula is C62H72N6O5Si2. The average Bonchev–Trinajstić information content (AvgIpc) is 4.09. The van der Waals surface area contributed by atoms with Gasteiger partial charge in [0, 0.05) is 12.1 Å². The third-order valence-corrected chi connectivity index (χ3v) is 25.2. The van der Waals surface area contributed by atoms with Gasteiger partial charge < -0.3 is 33.7 Å². The molecule has 75 heavy (non-hydrogen) atoms. The monoisotopic (exact) mass is 1040 g/mol. The van der Waals surface area contributed by atoms with Gasteiger partial charge >= 0.3 is 0 Å². The minimum Gasteiger partial charge on any atom is -0.497 e. The minimum absolute atomic E-state index is 0.00662. The van der Waals surface area contributed by atoms with E-state index in [-0.39, 0.29) is 28.9 Å². The molecule has 2 N–H and O–H groups in total. The molecule has 13 heteroatoms. The number of benzene rings is 6. The van der Waals surface area contributed by atoms with E-state index in [1.807, 2.05) is 42.5 Å². The van der Waals surface area contributed by atoms with Crippen LogP contribution in [-0.4, -0.2) is 62.1 Å². The van der Waals surface area contributed by atoms with Crippen LogP contribution in [0.2, 0.25) is 36.3 Å². The summed E-state index contributed by atoms with van der Waals surface area (Å²) in [6, 6.07) is 54.4. The Morgan fingerprint density at radius 2 is 1.25 bits per heavy atom. The van der Waals surface area contributed by atoms with E-state index >= 15 is 0 Å². The predicted octanol–water partition coefficient (Wildman–Crippen LogP) is 14.8. The number of hydrogen-bond acceptors (Lipinski definition) is 10. The highest BCUT2D eigenvalue weighted by atomic mass is 28.4. The zero-order valence-electron chi connectivity index (χ0n) is 45.4. The van der Waals surface area contributed by atoms with Gasteiger partial charge in [-0.2, -0.15) is 9.97 Å². The van der Waals surface area contributed by atoms with Crippen molar-refractivity contribution in [2.45, 2.75) is 121 Å². The van der Waals surface area contributed by atoms with Crippen molar-refractivity contribution in [3.63, 3.8) is 0 Å². The summed E-state index contributed by atoms with van der Waals surface area (Å²) < 4.78 is 36.4. The van der Waals surface area contributed by atoms with Crippen LogP contribution < -0.4 is 20.1 Å². The van der Waals surface area contributed by atoms with Crippen LogP contribution in [0.25, 0.3) is 22.3 Å². The largest absolute Gasteiger partial charge is 0.497 e. The topological polar surface area (TPSA) is 114 Å². The maximum atomic E-state index is 7.39. The molecule has 0 radical (unpaired) electrons. The molecule has 1 aliphatic heterocycles. The molecule has 0 unspecified atom stereocenters. The van der Waals surface area contributed by atoms with Crippen LogP contribution in [0.5, 0.6) is 11.6 Å². The third kappa shape index (κ3) is 10.4. The van der Waals surface area contributed by atoms with Crippen LogP contribution in [0, 0.1) is 0 Å². The van der Waals surface area contributed by atoms with Crippen molar-refractivity contribution in [1.82, 2.24) is 19.5 Å². The number of ether oxygens (including phenoxy) is 3. The fraction of sp³-hybridized carbons (Fsp3) is 0.339. The maximum Gasteiger partial charge on any atom is 0.247 e. The quantitative estimate of drug-likeness (QED) is 0.0675. The number of nitrogens with zero attached hydrogens (tertiary/aromatic N) is 4. The highest BCUT2D eigenvalue weighted by Crippen LogP contribution is 2.47. The van der Waals surface area contributed by atoms with Gasteiger partial charge in [-0.3, -0.25) is 4.57 Å². The first-order chi connectivity index (χ1) is 35.8. The SMILES string of the molecule is COc1ccc(C(Nc2nc(OCc3ccccc3)c3nc(Nc4ccc5c(c4)Cc4ccccc4-5)n([C@H]4C[C@H](O[Si](C)(C)C(C)(C)C)[C@@H](CO[Si](C)(C)C(C)(C)C)O4)c3n2)(c2ccccc2)c2ccccc2)cc1. The lowest BCUT2D eigenvalue weighted by Crippen LogP contribution is -2.48. The molecule has 0 amide bonds. The summed E-state index contributed by atoms with van der Waals surface area (Å²) in [5.41, 5.74) is 9.95. The highest BCUT2D eigenvalue weighted by Gasteiger charge is 2.48. The summed E-state index contributed by atoms with van der Waals surface area (Å²) in [5.74, 6) is 1.96. The number of hydrogen-bond donors (Lipinski definition) is 2. The Morgan fingerprint density at radius 1 is 0.653 bits per heavy atom. The lowest BCUT2D eigenvalue weighted by atomic mass is 9.77. The Hall–Kier alpha value is -6.62. The molecule has 0 bridgehead atoms. The van der Waals surface area contributed by atoms with E-state index in [1.165, 1.54) is 22.3 Å². The number of aromatic nitrogens is 4. The van der Waals surface area contributed by atoms with E-state index in [2.05, 4.69) is 198 Å². The minimum atomic E-state index is -2.32. The second-order valence-corrected chi connectivity index (χ2v) is 32.7. The lowest BCUT2D eigenvalue weighted by Gasteiger charge is -2.40. The van der Waals surface area contributed by atoms with E-state index < -0.39 is 28.4 Å². The van der Waals surface area contributed by atoms with Gasteiger partial charge in [0.05, 0.1) is 19.8 Å². The van der Waals surface area contributed by atoms with Crippen molar-refractivity contribution >= 4 is 45.4 Å². The summed E-state index contributed by atoms with van der Waals surface area (Å²) in [5, 5.41) is 7.72. The number of fused-ring (bicyclic) bond motifs is 4. The summed E-state index contributed by atoms with van der Waals surface area (Å²) in [6.07, 6.45) is 0.181. The van der Waals surface area contributed by atoms with Crippen LogP contribution in [0.1, 0.15) is 87.6 Å². The Kier molecular flexibility index (Phi) is 14.2. The Bertz CT molecular complexity index is 3230. The average molecular weight is 1040 g/mol. The molecule has 0 saturated carbocycles. The third-order valence-electron chi connectivity index (χ3n) is 16.1. The maximum absolute atomic E-state index is 7.39. The van der Waals surface area contributed by atoms with Gasteiger partial charge in [0.15, 0.2) is 27.8 Å². The molecule has 6 aromatic carbocycles. The van der Waals surface area contributed by atoms with E-state index in [9.17, 15) is 0 Å². The zero-order valence-corrected chi connectivity index (χ0v) is 47.4. The van der Waals surface area contributed by atoms with Crippen molar-refractivity contribution in [1.29, 1.82) is 0 Å². The summed E-state index contributed by atoms with van der Waals surface area (Å²) in [6.45, 7) is 23.5. The number of nitrogens with one attached hydrogen (secondary N) is 2. The second-order valence-electron chi connectivity index (χ2n) is 23.1. The van der Waals surface area contributed by atoms with Gasteiger partial charge in [0.25, 0.3) is 0 Å². The fourth-order valence-electron chi connectivity index (χ4n) is 9.84. The molecule has 0 spiro atoms. The van der Waals surface area contributed by atoms with Crippen LogP contribution in [0.4, 0.5) is 17.6 Å². The van der Waals surface area contributed by atoms with Crippen molar-refractivity contribution in [2.24, 2.45) is 0 Å². The van der Waals surface area contributed by atoms with Crippen LogP contribution >= 0.6 is 0 Å². The molecule has 3 atom stereocenters. The summed E-state index contributed by atoms with van der Waals surface area (Å²) >= 11 is 0. The van der Waals surface area contributed by atoms with Gasteiger partial charge in [-0.25, -0.2) is 4.98 Å². The molecular weight excluding hydrogens is 965 g/mol. The van der Waals surface area contributed by atoms with Crippen LogP contribution in [0.15, 0.2) is 158 Å². The van der Waals surface area contributed by atoms with Crippen molar-refractivity contribution in [2.75, 3.05) is 24.4 Å². The summed E-state index contributed by atoms with van der Waals surface area (Å²) in [4.78, 5) is 16.3. The molecule has 10 rings (SSSR count). The zero-order chi connectivity index (χ0) is 52.8. The lowest BCUT2D eigenvalue weighted by molar-refractivity contribution is -0.0376. The van der Waals surface area contributed by atoms with Crippen LogP contribution in [-0.2, 0) is 32.2 Å². The Balaban J connectivity index is 1.17. The fourth-order valence-corrected chi connectivity index (χ4v) is 12.2. The summed E-state index contributed by atoms with van der Waals surface area (Å²) in [7, 11) is -2.83. The molecule has 3 heterocycles. The van der Waals surface area contributed by atoms with Crippen molar-refractivity contribution in [3.05, 3.63) is 191 Å². The first-order valence-corrected chi connectivity index (χ1v) is 32.1. The highest BCUT2D eigenvalue weighted by molar-refractivity contribution is 6.74. The number of rotatable bonds is 17. The second kappa shape index (κ2) is 20.5. The molecule has 388 valence electrons. The number of methoxy groups -OCH3 is 1. The Morgan fingerprint density at radius 3 is 1.89 bits per heavy atom. The molecule has 2 aliphatic rings. The normalized spacial score (nSPS) is 16.9. The molecule has 11 nitrogen and oxygen atoms in total.